The number of aliphatic hydroxyl groups is 1. The summed E-state index contributed by atoms with van der Waals surface area (Å²) in [6.07, 6.45) is 2.19. The molecule has 1 aromatic carbocycles. The second kappa shape index (κ2) is 5.62. The van der Waals surface area contributed by atoms with Crippen LogP contribution >= 0.6 is 15.9 Å². The lowest BCUT2D eigenvalue weighted by atomic mass is 10.1. The predicted molar refractivity (Wildman–Crippen MR) is 80.0 cm³/mol. The smallest absolute Gasteiger partial charge is 0.0772 e. The van der Waals surface area contributed by atoms with Crippen molar-refractivity contribution in [2.45, 2.75) is 45.8 Å². The van der Waals surface area contributed by atoms with Gasteiger partial charge in [-0.3, -0.25) is 0 Å². The molecule has 0 heterocycles. The number of halogens is 1. The van der Waals surface area contributed by atoms with E-state index in [4.69, 9.17) is 0 Å². The molecule has 1 fully saturated rings. The number of nitrogens with zero attached hydrogens (tertiary/aromatic N) is 1. The van der Waals surface area contributed by atoms with Crippen LogP contribution in [0.15, 0.2) is 22.7 Å². The first-order valence-electron chi connectivity index (χ1n) is 6.73. The summed E-state index contributed by atoms with van der Waals surface area (Å²) in [5.41, 5.74) is 2.22. The van der Waals surface area contributed by atoms with E-state index in [0.29, 0.717) is 5.92 Å². The van der Waals surface area contributed by atoms with E-state index in [1.165, 1.54) is 18.5 Å². The second-order valence-electron chi connectivity index (χ2n) is 5.66. The van der Waals surface area contributed by atoms with Gasteiger partial charge in [-0.05, 0) is 43.4 Å². The van der Waals surface area contributed by atoms with Gasteiger partial charge in [0, 0.05) is 22.7 Å². The Morgan fingerprint density at radius 3 is 2.44 bits per heavy atom. The van der Waals surface area contributed by atoms with E-state index in [2.05, 4.69) is 46.8 Å². The first-order valence-corrected chi connectivity index (χ1v) is 7.52. The standard InChI is InChI=1S/C15H22BrNO/c1-10(2)9-17(12-4-5-12)13-6-7-14(11(3)18)15(16)8-13/h6-8,10-12,18H,4-5,9H2,1-3H3. The fourth-order valence-electron chi connectivity index (χ4n) is 2.28. The highest BCUT2D eigenvalue weighted by atomic mass is 79.9. The molecule has 1 N–H and O–H groups in total. The molecule has 0 aliphatic heterocycles. The average molecular weight is 312 g/mol. The van der Waals surface area contributed by atoms with Crippen LogP contribution in [0.5, 0.6) is 0 Å². The fraction of sp³-hybridized carbons (Fsp3) is 0.600. The van der Waals surface area contributed by atoms with E-state index >= 15 is 0 Å². The number of anilines is 1. The van der Waals surface area contributed by atoms with Gasteiger partial charge in [0.1, 0.15) is 0 Å². The average Bonchev–Trinajstić information content (AvgIpc) is 3.08. The summed E-state index contributed by atoms with van der Waals surface area (Å²) >= 11 is 3.57. The third kappa shape index (κ3) is 3.27. The van der Waals surface area contributed by atoms with E-state index in [1.807, 2.05) is 6.07 Å². The zero-order chi connectivity index (χ0) is 13.3. The molecule has 1 saturated carbocycles. The lowest BCUT2D eigenvalue weighted by molar-refractivity contribution is 0.198. The largest absolute Gasteiger partial charge is 0.389 e. The lowest BCUT2D eigenvalue weighted by Crippen LogP contribution is -2.29. The summed E-state index contributed by atoms with van der Waals surface area (Å²) in [6.45, 7) is 7.42. The Hall–Kier alpha value is -0.540. The van der Waals surface area contributed by atoms with Crippen molar-refractivity contribution >= 4 is 21.6 Å². The summed E-state index contributed by atoms with van der Waals surface area (Å²) in [5.74, 6) is 0.667. The lowest BCUT2D eigenvalue weighted by Gasteiger charge is -2.27. The Bertz CT molecular complexity index is 413. The van der Waals surface area contributed by atoms with Gasteiger partial charge in [0.15, 0.2) is 0 Å². The monoisotopic (exact) mass is 311 g/mol. The molecule has 100 valence electrons. The van der Waals surface area contributed by atoms with Crippen LogP contribution in [0.25, 0.3) is 0 Å². The number of hydrogen-bond donors (Lipinski definition) is 1. The van der Waals surface area contributed by atoms with Gasteiger partial charge < -0.3 is 10.0 Å². The van der Waals surface area contributed by atoms with Crippen molar-refractivity contribution in [3.8, 4) is 0 Å². The molecule has 0 saturated heterocycles. The first-order chi connectivity index (χ1) is 8.49. The Morgan fingerprint density at radius 1 is 1.33 bits per heavy atom. The van der Waals surface area contributed by atoms with Crippen LogP contribution in [0.1, 0.15) is 45.3 Å². The molecule has 0 bridgehead atoms. The van der Waals surface area contributed by atoms with Crippen LogP contribution in [-0.4, -0.2) is 17.7 Å². The molecule has 2 rings (SSSR count). The van der Waals surface area contributed by atoms with Crippen LogP contribution in [-0.2, 0) is 0 Å². The van der Waals surface area contributed by atoms with Crippen molar-refractivity contribution < 1.29 is 5.11 Å². The molecule has 1 aliphatic carbocycles. The SMILES string of the molecule is CC(C)CN(c1ccc(C(C)O)c(Br)c1)C1CC1. The first kappa shape index (κ1) is 13.9. The highest BCUT2D eigenvalue weighted by Crippen LogP contribution is 2.35. The van der Waals surface area contributed by atoms with Crippen molar-refractivity contribution in [2.24, 2.45) is 5.92 Å². The number of rotatable bonds is 5. The molecule has 0 amide bonds. The maximum Gasteiger partial charge on any atom is 0.0772 e. The summed E-state index contributed by atoms with van der Waals surface area (Å²) in [5, 5.41) is 9.66. The maximum absolute atomic E-state index is 9.66. The minimum Gasteiger partial charge on any atom is -0.389 e. The Labute approximate surface area is 118 Å². The van der Waals surface area contributed by atoms with Gasteiger partial charge in [0.05, 0.1) is 6.10 Å². The van der Waals surface area contributed by atoms with Crippen LogP contribution in [0.4, 0.5) is 5.69 Å². The van der Waals surface area contributed by atoms with E-state index < -0.39 is 6.10 Å². The molecule has 1 atom stereocenters. The summed E-state index contributed by atoms with van der Waals surface area (Å²) in [6, 6.07) is 7.02. The molecule has 3 heteroatoms. The van der Waals surface area contributed by atoms with Gasteiger partial charge in [-0.25, -0.2) is 0 Å². The van der Waals surface area contributed by atoms with Crippen molar-refractivity contribution in [1.82, 2.24) is 0 Å². The van der Waals surface area contributed by atoms with Crippen molar-refractivity contribution in [1.29, 1.82) is 0 Å². The third-order valence-electron chi connectivity index (χ3n) is 3.32. The summed E-state index contributed by atoms with van der Waals surface area (Å²) in [4.78, 5) is 2.50. The van der Waals surface area contributed by atoms with Crippen molar-refractivity contribution in [3.63, 3.8) is 0 Å². The zero-order valence-corrected chi connectivity index (χ0v) is 12.9. The van der Waals surface area contributed by atoms with Crippen LogP contribution in [0.3, 0.4) is 0 Å². The molecule has 1 aliphatic rings. The fourth-order valence-corrected chi connectivity index (χ4v) is 2.98. The number of benzene rings is 1. The van der Waals surface area contributed by atoms with Gasteiger partial charge in [0.25, 0.3) is 0 Å². The van der Waals surface area contributed by atoms with Gasteiger partial charge in [-0.1, -0.05) is 35.8 Å². The van der Waals surface area contributed by atoms with Crippen LogP contribution in [0.2, 0.25) is 0 Å². The Kier molecular flexibility index (Phi) is 4.33. The molecule has 2 nitrogen and oxygen atoms in total. The van der Waals surface area contributed by atoms with E-state index in [-0.39, 0.29) is 0 Å². The predicted octanol–water partition coefficient (Wildman–Crippen LogP) is 4.13. The summed E-state index contributed by atoms with van der Waals surface area (Å²) < 4.78 is 1.00. The van der Waals surface area contributed by atoms with E-state index in [0.717, 1.165) is 22.6 Å². The quantitative estimate of drug-likeness (QED) is 0.884. The van der Waals surface area contributed by atoms with Gasteiger partial charge in [-0.2, -0.15) is 0 Å². The maximum atomic E-state index is 9.66. The minimum absolute atomic E-state index is 0.423. The van der Waals surface area contributed by atoms with E-state index in [9.17, 15) is 5.11 Å². The van der Waals surface area contributed by atoms with E-state index in [1.54, 1.807) is 6.92 Å². The molecule has 0 radical (unpaired) electrons. The van der Waals surface area contributed by atoms with Crippen LogP contribution < -0.4 is 4.90 Å². The third-order valence-corrected chi connectivity index (χ3v) is 4.00. The second-order valence-corrected chi connectivity index (χ2v) is 6.51. The highest BCUT2D eigenvalue weighted by Gasteiger charge is 2.29. The molecule has 1 unspecified atom stereocenters. The molecule has 0 aromatic heterocycles. The Morgan fingerprint density at radius 2 is 2.00 bits per heavy atom. The summed E-state index contributed by atoms with van der Waals surface area (Å²) in [7, 11) is 0. The van der Waals surface area contributed by atoms with Gasteiger partial charge in [0.2, 0.25) is 0 Å². The molecular weight excluding hydrogens is 290 g/mol. The van der Waals surface area contributed by atoms with Crippen molar-refractivity contribution in [3.05, 3.63) is 28.2 Å². The number of hydrogen-bond acceptors (Lipinski definition) is 2. The zero-order valence-electron chi connectivity index (χ0n) is 11.4. The van der Waals surface area contributed by atoms with Gasteiger partial charge >= 0.3 is 0 Å². The molecular formula is C15H22BrNO. The molecule has 1 aromatic rings. The molecule has 0 spiro atoms. The highest BCUT2D eigenvalue weighted by molar-refractivity contribution is 9.10. The normalized spacial score (nSPS) is 17.0. The number of aliphatic hydroxyl groups excluding tert-OH is 1. The van der Waals surface area contributed by atoms with Crippen LogP contribution in [0, 0.1) is 5.92 Å². The Balaban J connectivity index is 2.22. The van der Waals surface area contributed by atoms with Crippen molar-refractivity contribution in [2.75, 3.05) is 11.4 Å². The molecule has 18 heavy (non-hydrogen) atoms. The van der Waals surface area contributed by atoms with Gasteiger partial charge in [-0.15, -0.1) is 0 Å². The topological polar surface area (TPSA) is 23.5 Å². The minimum atomic E-state index is -0.423.